The van der Waals surface area contributed by atoms with Gasteiger partial charge in [-0.15, -0.1) is 0 Å². The number of nitrogens with zero attached hydrogens (tertiary/aromatic N) is 4. The summed E-state index contributed by atoms with van der Waals surface area (Å²) in [6, 6.07) is 4.94. The van der Waals surface area contributed by atoms with E-state index in [2.05, 4.69) is 15.1 Å². The van der Waals surface area contributed by atoms with Crippen LogP contribution in [0.1, 0.15) is 24.8 Å². The highest BCUT2D eigenvalue weighted by Crippen LogP contribution is 2.37. The number of benzene rings is 2. The minimum Gasteiger partial charge on any atom is -0.338 e. The Bertz CT molecular complexity index is 1380. The van der Waals surface area contributed by atoms with Crippen molar-refractivity contribution < 1.29 is 22.1 Å². The van der Waals surface area contributed by atoms with E-state index in [-0.39, 0.29) is 40.0 Å². The maximum absolute atomic E-state index is 13.6. The molecule has 0 amide bonds. The molecule has 0 spiro atoms. The van der Waals surface area contributed by atoms with Crippen LogP contribution in [-0.2, 0) is 5.75 Å². The molecule has 5 rings (SSSR count). The molecule has 6 nitrogen and oxygen atoms in total. The summed E-state index contributed by atoms with van der Waals surface area (Å²) in [6.07, 6.45) is 1.57. The average Bonchev–Trinajstić information content (AvgIpc) is 3.46. The number of fused-ring (bicyclic) bond motifs is 1. The van der Waals surface area contributed by atoms with E-state index in [4.69, 9.17) is 4.52 Å². The summed E-state index contributed by atoms with van der Waals surface area (Å²) in [5.41, 5.74) is -0.145. The van der Waals surface area contributed by atoms with Gasteiger partial charge < -0.3 is 4.52 Å². The van der Waals surface area contributed by atoms with Crippen molar-refractivity contribution in [1.82, 2.24) is 19.7 Å². The van der Waals surface area contributed by atoms with Gasteiger partial charge in [-0.3, -0.25) is 9.36 Å². The maximum atomic E-state index is 13.6. The Morgan fingerprint density at radius 3 is 2.48 bits per heavy atom. The first kappa shape index (κ1) is 19.7. The molecular weight excluding hydrogens is 436 g/mol. The predicted molar refractivity (Wildman–Crippen MR) is 103 cm³/mol. The van der Waals surface area contributed by atoms with Crippen LogP contribution in [0.4, 0.5) is 17.6 Å². The van der Waals surface area contributed by atoms with Crippen LogP contribution in [0.3, 0.4) is 0 Å². The molecule has 0 atom stereocenters. The van der Waals surface area contributed by atoms with Crippen LogP contribution < -0.4 is 5.56 Å². The number of rotatable bonds is 5. The second-order valence-corrected chi connectivity index (χ2v) is 7.96. The van der Waals surface area contributed by atoms with Gasteiger partial charge in [0.1, 0.15) is 0 Å². The van der Waals surface area contributed by atoms with Crippen molar-refractivity contribution in [3.05, 3.63) is 69.8 Å². The molecule has 2 heterocycles. The van der Waals surface area contributed by atoms with Crippen LogP contribution in [0.15, 0.2) is 44.8 Å². The van der Waals surface area contributed by atoms with Crippen LogP contribution in [0.25, 0.3) is 22.3 Å². The van der Waals surface area contributed by atoms with E-state index in [9.17, 15) is 22.4 Å². The van der Waals surface area contributed by atoms with Crippen molar-refractivity contribution in [2.24, 2.45) is 0 Å². The summed E-state index contributed by atoms with van der Waals surface area (Å²) in [4.78, 5) is 21.4. The lowest BCUT2D eigenvalue weighted by atomic mass is 10.2. The van der Waals surface area contributed by atoms with Crippen LogP contribution in [-0.4, -0.2) is 19.7 Å². The number of thioether (sulfide) groups is 1. The second-order valence-electron chi connectivity index (χ2n) is 7.01. The quantitative estimate of drug-likeness (QED) is 0.252. The molecule has 0 N–H and O–H groups in total. The van der Waals surface area contributed by atoms with E-state index in [1.54, 1.807) is 0 Å². The van der Waals surface area contributed by atoms with E-state index >= 15 is 0 Å². The second kappa shape index (κ2) is 7.49. The van der Waals surface area contributed by atoms with Gasteiger partial charge in [-0.05, 0) is 37.1 Å². The molecule has 1 aliphatic carbocycles. The van der Waals surface area contributed by atoms with E-state index < -0.39 is 28.8 Å². The van der Waals surface area contributed by atoms with Crippen molar-refractivity contribution in [1.29, 1.82) is 0 Å². The molecule has 1 aliphatic rings. The molecule has 0 radical (unpaired) electrons. The molecular formula is C20H12F4N4O2S. The first-order valence-electron chi connectivity index (χ1n) is 9.23. The van der Waals surface area contributed by atoms with Gasteiger partial charge in [-0.2, -0.15) is 4.98 Å². The zero-order chi connectivity index (χ0) is 21.7. The van der Waals surface area contributed by atoms with Crippen molar-refractivity contribution in [3.63, 3.8) is 0 Å². The summed E-state index contributed by atoms with van der Waals surface area (Å²) >= 11 is 1.13. The lowest BCUT2D eigenvalue weighted by Gasteiger charge is -2.11. The van der Waals surface area contributed by atoms with Gasteiger partial charge in [0.2, 0.25) is 11.7 Å². The first-order valence-corrected chi connectivity index (χ1v) is 10.2. The summed E-state index contributed by atoms with van der Waals surface area (Å²) in [5.74, 6) is -3.83. The van der Waals surface area contributed by atoms with Crippen molar-refractivity contribution in [2.45, 2.75) is 29.8 Å². The standard InChI is InChI=1S/C20H12F4N4O2S/c21-12-4-1-9(5-13(12)22)18-26-17(30-27-18)8-31-20-25-16-7-15(24)14(23)6-11(16)19(29)28(20)10-2-3-10/h1,4-7,10H,2-3,8H2. The monoisotopic (exact) mass is 448 g/mol. The molecule has 31 heavy (non-hydrogen) atoms. The minimum absolute atomic E-state index is 0.00793. The topological polar surface area (TPSA) is 73.8 Å². The maximum Gasteiger partial charge on any atom is 0.262 e. The summed E-state index contributed by atoms with van der Waals surface area (Å²) < 4.78 is 60.4. The predicted octanol–water partition coefficient (Wildman–Crippen LogP) is 4.63. The van der Waals surface area contributed by atoms with Gasteiger partial charge in [0.25, 0.3) is 5.56 Å². The lowest BCUT2D eigenvalue weighted by Crippen LogP contribution is -2.22. The fourth-order valence-electron chi connectivity index (χ4n) is 3.12. The Labute approximate surface area is 175 Å². The van der Waals surface area contributed by atoms with Gasteiger partial charge in [0, 0.05) is 17.7 Å². The summed E-state index contributed by atoms with van der Waals surface area (Å²) in [6.45, 7) is 0. The Balaban J connectivity index is 1.45. The highest BCUT2D eigenvalue weighted by Gasteiger charge is 2.29. The van der Waals surface area contributed by atoms with Crippen molar-refractivity contribution in [2.75, 3.05) is 0 Å². The zero-order valence-corrected chi connectivity index (χ0v) is 16.4. The molecule has 0 saturated heterocycles. The number of halogens is 4. The van der Waals surface area contributed by atoms with Gasteiger partial charge in [-0.1, -0.05) is 16.9 Å². The van der Waals surface area contributed by atoms with Crippen LogP contribution in [0.2, 0.25) is 0 Å². The smallest absolute Gasteiger partial charge is 0.262 e. The SMILES string of the molecule is O=c1c2cc(F)c(F)cc2nc(SCc2nc(-c3ccc(F)c(F)c3)no2)n1C1CC1. The van der Waals surface area contributed by atoms with E-state index in [0.717, 1.165) is 48.9 Å². The van der Waals surface area contributed by atoms with E-state index in [1.165, 1.54) is 10.6 Å². The third-order valence-corrected chi connectivity index (χ3v) is 5.73. The third kappa shape index (κ3) is 3.69. The average molecular weight is 448 g/mol. The van der Waals surface area contributed by atoms with Crippen LogP contribution in [0, 0.1) is 23.3 Å². The number of hydrogen-bond donors (Lipinski definition) is 0. The van der Waals surface area contributed by atoms with Gasteiger partial charge in [0.15, 0.2) is 28.4 Å². The molecule has 4 aromatic rings. The largest absolute Gasteiger partial charge is 0.338 e. The molecule has 158 valence electrons. The molecule has 0 aliphatic heterocycles. The molecule has 11 heteroatoms. The molecule has 0 unspecified atom stereocenters. The Kier molecular flexibility index (Phi) is 4.77. The third-order valence-electron chi connectivity index (χ3n) is 4.79. The van der Waals surface area contributed by atoms with E-state index in [1.807, 2.05) is 0 Å². The van der Waals surface area contributed by atoms with Gasteiger partial charge in [0.05, 0.1) is 16.7 Å². The molecule has 1 fully saturated rings. The number of aromatic nitrogens is 4. The highest BCUT2D eigenvalue weighted by atomic mass is 32.2. The van der Waals surface area contributed by atoms with E-state index in [0.29, 0.717) is 5.16 Å². The fourth-order valence-corrected chi connectivity index (χ4v) is 4.03. The van der Waals surface area contributed by atoms with Crippen molar-refractivity contribution in [3.8, 4) is 11.4 Å². The molecule has 1 saturated carbocycles. The number of hydrogen-bond acceptors (Lipinski definition) is 6. The summed E-state index contributed by atoms with van der Waals surface area (Å²) in [7, 11) is 0. The zero-order valence-electron chi connectivity index (χ0n) is 15.6. The van der Waals surface area contributed by atoms with Crippen LogP contribution in [0.5, 0.6) is 0 Å². The fraction of sp³-hybridized carbons (Fsp3) is 0.200. The van der Waals surface area contributed by atoms with Crippen LogP contribution >= 0.6 is 11.8 Å². The Hall–Kier alpha value is -3.21. The Morgan fingerprint density at radius 1 is 1.00 bits per heavy atom. The lowest BCUT2D eigenvalue weighted by molar-refractivity contribution is 0.391. The normalized spacial score (nSPS) is 13.8. The van der Waals surface area contributed by atoms with Gasteiger partial charge >= 0.3 is 0 Å². The summed E-state index contributed by atoms with van der Waals surface area (Å²) in [5, 5.41) is 4.09. The first-order chi connectivity index (χ1) is 14.9. The minimum atomic E-state index is -1.11. The Morgan fingerprint density at radius 2 is 1.74 bits per heavy atom. The molecule has 2 aromatic carbocycles. The van der Waals surface area contributed by atoms with Gasteiger partial charge in [-0.25, -0.2) is 22.5 Å². The molecule has 0 bridgehead atoms. The molecule has 2 aromatic heterocycles. The highest BCUT2D eigenvalue weighted by molar-refractivity contribution is 7.98. The van der Waals surface area contributed by atoms with Crippen molar-refractivity contribution >= 4 is 22.7 Å².